The molecule has 1 N–H and O–H groups in total. The highest BCUT2D eigenvalue weighted by atomic mass is 32.1. The van der Waals surface area contributed by atoms with Gasteiger partial charge in [0.05, 0.1) is 0 Å². The minimum Gasteiger partial charge on any atom is -0.316 e. The van der Waals surface area contributed by atoms with E-state index in [0.717, 1.165) is 17.3 Å². The predicted octanol–water partition coefficient (Wildman–Crippen LogP) is 1.39. The van der Waals surface area contributed by atoms with Crippen LogP contribution in [0, 0.1) is 12.8 Å². The fraction of sp³-hybridized carbons (Fsp3) is 0.778. The van der Waals surface area contributed by atoms with E-state index in [1.165, 1.54) is 17.8 Å². The highest BCUT2D eigenvalue weighted by Crippen LogP contribution is 2.34. The van der Waals surface area contributed by atoms with Gasteiger partial charge in [0.25, 0.3) is 0 Å². The number of hydrogen-bond acceptors (Lipinski definition) is 4. The van der Waals surface area contributed by atoms with Gasteiger partial charge in [0.2, 0.25) is 0 Å². The Morgan fingerprint density at radius 2 is 2.31 bits per heavy atom. The zero-order valence-electron chi connectivity index (χ0n) is 8.08. The van der Waals surface area contributed by atoms with Crippen LogP contribution < -0.4 is 5.32 Å². The summed E-state index contributed by atoms with van der Waals surface area (Å²) in [6, 6.07) is 0.618. The van der Waals surface area contributed by atoms with Crippen LogP contribution in [0.4, 0.5) is 0 Å². The number of nitrogens with one attached hydrogen (secondary N) is 1. The Bertz CT molecular complexity index is 280. The largest absolute Gasteiger partial charge is 0.316 e. The molecule has 1 unspecified atom stereocenters. The molecule has 1 saturated carbocycles. The van der Waals surface area contributed by atoms with Crippen LogP contribution in [-0.2, 0) is 6.42 Å². The molecule has 0 radical (unpaired) electrons. The van der Waals surface area contributed by atoms with E-state index in [9.17, 15) is 0 Å². The average molecular weight is 197 g/mol. The average Bonchev–Trinajstić information content (AvgIpc) is 2.87. The quantitative estimate of drug-likeness (QED) is 0.792. The van der Waals surface area contributed by atoms with Crippen LogP contribution in [-0.4, -0.2) is 23.3 Å². The molecule has 1 aromatic heterocycles. The van der Waals surface area contributed by atoms with Crippen molar-refractivity contribution in [1.82, 2.24) is 15.5 Å². The van der Waals surface area contributed by atoms with E-state index in [0.29, 0.717) is 6.04 Å². The molecular formula is C9H15N3S. The molecule has 0 aliphatic heterocycles. The molecule has 2 rings (SSSR count). The first-order valence-electron chi connectivity index (χ1n) is 4.76. The van der Waals surface area contributed by atoms with Gasteiger partial charge in [0.1, 0.15) is 10.0 Å². The Morgan fingerprint density at radius 3 is 2.77 bits per heavy atom. The number of aromatic nitrogens is 2. The number of rotatable bonds is 4. The molecule has 1 atom stereocenters. The van der Waals surface area contributed by atoms with Crippen molar-refractivity contribution < 1.29 is 0 Å². The van der Waals surface area contributed by atoms with Crippen LogP contribution in [0.1, 0.15) is 22.9 Å². The first-order chi connectivity index (χ1) is 6.29. The molecule has 1 aromatic rings. The first-order valence-corrected chi connectivity index (χ1v) is 5.57. The lowest BCUT2D eigenvalue weighted by Gasteiger charge is -2.12. The van der Waals surface area contributed by atoms with E-state index in [4.69, 9.17) is 0 Å². The van der Waals surface area contributed by atoms with Crippen LogP contribution in [0.25, 0.3) is 0 Å². The van der Waals surface area contributed by atoms with Crippen LogP contribution >= 0.6 is 11.3 Å². The van der Waals surface area contributed by atoms with E-state index in [-0.39, 0.29) is 0 Å². The Hall–Kier alpha value is -0.480. The van der Waals surface area contributed by atoms with Gasteiger partial charge in [-0.25, -0.2) is 0 Å². The highest BCUT2D eigenvalue weighted by Gasteiger charge is 2.30. The summed E-state index contributed by atoms with van der Waals surface area (Å²) in [7, 11) is 2.04. The lowest BCUT2D eigenvalue weighted by molar-refractivity contribution is 0.498. The molecule has 72 valence electrons. The van der Waals surface area contributed by atoms with Crippen LogP contribution in [0.5, 0.6) is 0 Å². The van der Waals surface area contributed by atoms with Crippen molar-refractivity contribution in [3.8, 4) is 0 Å². The van der Waals surface area contributed by atoms with Crippen molar-refractivity contribution in [2.45, 2.75) is 32.2 Å². The maximum Gasteiger partial charge on any atom is 0.119 e. The summed E-state index contributed by atoms with van der Waals surface area (Å²) in [5.41, 5.74) is 0. The van der Waals surface area contributed by atoms with Crippen LogP contribution in [0.3, 0.4) is 0 Å². The zero-order valence-corrected chi connectivity index (χ0v) is 8.90. The van der Waals surface area contributed by atoms with Crippen molar-refractivity contribution in [2.75, 3.05) is 7.05 Å². The van der Waals surface area contributed by atoms with Crippen molar-refractivity contribution in [3.63, 3.8) is 0 Å². The van der Waals surface area contributed by atoms with E-state index >= 15 is 0 Å². The van der Waals surface area contributed by atoms with Gasteiger partial charge in [0, 0.05) is 12.5 Å². The van der Waals surface area contributed by atoms with Crippen molar-refractivity contribution in [1.29, 1.82) is 0 Å². The summed E-state index contributed by atoms with van der Waals surface area (Å²) >= 11 is 1.71. The van der Waals surface area contributed by atoms with Crippen LogP contribution in [0.2, 0.25) is 0 Å². The molecule has 3 nitrogen and oxygen atoms in total. The fourth-order valence-electron chi connectivity index (χ4n) is 1.61. The Morgan fingerprint density at radius 1 is 1.54 bits per heavy atom. The lowest BCUT2D eigenvalue weighted by Crippen LogP contribution is -2.29. The first kappa shape index (κ1) is 9.09. The number of nitrogens with zero attached hydrogens (tertiary/aromatic N) is 2. The van der Waals surface area contributed by atoms with E-state index in [1.54, 1.807) is 11.3 Å². The summed E-state index contributed by atoms with van der Waals surface area (Å²) < 4.78 is 0. The molecule has 1 aliphatic rings. The van der Waals surface area contributed by atoms with E-state index < -0.39 is 0 Å². The smallest absolute Gasteiger partial charge is 0.119 e. The summed E-state index contributed by atoms with van der Waals surface area (Å²) in [4.78, 5) is 0. The molecule has 0 spiro atoms. The second-order valence-electron chi connectivity index (χ2n) is 3.65. The standard InChI is InChI=1S/C9H15N3S/c1-6-11-12-9(13-6)5-8(10-2)7-3-4-7/h7-8,10H,3-5H2,1-2H3. The summed E-state index contributed by atoms with van der Waals surface area (Å²) in [5.74, 6) is 0.884. The van der Waals surface area contributed by atoms with E-state index in [1.807, 2.05) is 14.0 Å². The maximum absolute atomic E-state index is 4.14. The third-order valence-electron chi connectivity index (χ3n) is 2.52. The van der Waals surface area contributed by atoms with Gasteiger partial charge in [-0.05, 0) is 32.7 Å². The normalized spacial score (nSPS) is 18.9. The molecule has 1 fully saturated rings. The third-order valence-corrected chi connectivity index (χ3v) is 3.39. The van der Waals surface area contributed by atoms with Crippen molar-refractivity contribution in [2.24, 2.45) is 5.92 Å². The maximum atomic E-state index is 4.14. The Labute approximate surface area is 82.6 Å². The predicted molar refractivity (Wildman–Crippen MR) is 53.9 cm³/mol. The number of hydrogen-bond donors (Lipinski definition) is 1. The number of likely N-dealkylation sites (N-methyl/N-ethyl adjacent to an activating group) is 1. The van der Waals surface area contributed by atoms with Crippen molar-refractivity contribution in [3.05, 3.63) is 10.0 Å². The fourth-order valence-corrected chi connectivity index (χ4v) is 2.38. The molecule has 0 aromatic carbocycles. The van der Waals surface area contributed by atoms with Crippen LogP contribution in [0.15, 0.2) is 0 Å². The van der Waals surface area contributed by atoms with Gasteiger partial charge >= 0.3 is 0 Å². The molecule has 1 heterocycles. The monoisotopic (exact) mass is 197 g/mol. The van der Waals surface area contributed by atoms with Gasteiger partial charge in [0.15, 0.2) is 0 Å². The van der Waals surface area contributed by atoms with Gasteiger partial charge in [-0.1, -0.05) is 0 Å². The summed E-state index contributed by atoms with van der Waals surface area (Å²) in [5, 5.41) is 13.8. The van der Waals surface area contributed by atoms with E-state index in [2.05, 4.69) is 15.5 Å². The van der Waals surface area contributed by atoms with Gasteiger partial charge < -0.3 is 5.32 Å². The van der Waals surface area contributed by atoms with Gasteiger partial charge in [-0.2, -0.15) is 0 Å². The minimum absolute atomic E-state index is 0.618. The second-order valence-corrected chi connectivity index (χ2v) is 4.92. The molecular weight excluding hydrogens is 182 g/mol. The zero-order chi connectivity index (χ0) is 9.26. The Balaban J connectivity index is 1.95. The molecule has 0 amide bonds. The van der Waals surface area contributed by atoms with Gasteiger partial charge in [-0.3, -0.25) is 0 Å². The molecule has 4 heteroatoms. The van der Waals surface area contributed by atoms with Crippen molar-refractivity contribution >= 4 is 11.3 Å². The lowest BCUT2D eigenvalue weighted by atomic mass is 10.1. The van der Waals surface area contributed by atoms with Gasteiger partial charge in [-0.15, -0.1) is 21.5 Å². The SMILES string of the molecule is CNC(Cc1nnc(C)s1)C1CC1. The second kappa shape index (κ2) is 3.72. The number of aryl methyl sites for hydroxylation is 1. The summed E-state index contributed by atoms with van der Waals surface area (Å²) in [6.45, 7) is 2.01. The highest BCUT2D eigenvalue weighted by molar-refractivity contribution is 7.11. The third kappa shape index (κ3) is 2.25. The molecule has 1 aliphatic carbocycles. The molecule has 0 bridgehead atoms. The molecule has 0 saturated heterocycles. The Kier molecular flexibility index (Phi) is 2.60. The topological polar surface area (TPSA) is 37.8 Å². The minimum atomic E-state index is 0.618. The molecule has 13 heavy (non-hydrogen) atoms. The summed E-state index contributed by atoms with van der Waals surface area (Å²) in [6.07, 6.45) is 3.80.